The number of hydrogen-bond donors (Lipinski definition) is 2. The molecule has 2 N–H and O–H groups in total. The van der Waals surface area contributed by atoms with Crippen molar-refractivity contribution in [3.63, 3.8) is 0 Å². The van der Waals surface area contributed by atoms with E-state index in [2.05, 4.69) is 29.5 Å². The molecule has 108 valence electrons. The fourth-order valence-electron chi connectivity index (χ4n) is 0.151. The first kappa shape index (κ1) is 25.4. The molecule has 0 atom stereocenters. The van der Waals surface area contributed by atoms with Crippen LogP contribution < -0.4 is 0 Å². The Kier molecular flexibility index (Phi) is 51.0. The Morgan fingerprint density at radius 3 is 1.61 bits per heavy atom. The van der Waals surface area contributed by atoms with Crippen molar-refractivity contribution in [2.24, 2.45) is 0 Å². The third-order valence-corrected chi connectivity index (χ3v) is 0.526. The predicted octanol–water partition coefficient (Wildman–Crippen LogP) is 2.02. The van der Waals surface area contributed by atoms with Crippen molar-refractivity contribution in [1.82, 2.24) is 0 Å². The van der Waals surface area contributed by atoms with Crippen molar-refractivity contribution >= 4 is 5.97 Å². The number of carbonyl (C=O) groups excluding carboxylic acids is 1. The zero-order chi connectivity index (χ0) is 15.2. The van der Waals surface area contributed by atoms with E-state index >= 15 is 0 Å². The van der Waals surface area contributed by atoms with Crippen molar-refractivity contribution in [2.45, 2.75) is 20.8 Å². The Balaban J connectivity index is -0.0000000827. The molecule has 0 aliphatic heterocycles. The molecular formula is C13H26O5. The summed E-state index contributed by atoms with van der Waals surface area (Å²) in [4.78, 5) is 18.5. The Bertz CT molecular complexity index is 170. The molecule has 18 heavy (non-hydrogen) atoms. The van der Waals surface area contributed by atoms with E-state index in [1.54, 1.807) is 19.1 Å². The molecule has 0 aromatic carbocycles. The zero-order valence-electron chi connectivity index (χ0n) is 11.6. The molecule has 0 aromatic rings. The summed E-state index contributed by atoms with van der Waals surface area (Å²) in [6, 6.07) is 0. The summed E-state index contributed by atoms with van der Waals surface area (Å²) in [5.74, 6) is -0.563. The zero-order valence-corrected chi connectivity index (χ0v) is 11.6. The number of rotatable bonds is 4. The first-order chi connectivity index (χ1) is 8.55. The number of hydrogen-bond acceptors (Lipinski definition) is 5. The third-order valence-electron chi connectivity index (χ3n) is 0.526. The molecule has 0 heterocycles. The maximum atomic E-state index is 10.1. The molecule has 5 nitrogen and oxygen atoms in total. The van der Waals surface area contributed by atoms with E-state index in [1.807, 2.05) is 13.8 Å². The van der Waals surface area contributed by atoms with Crippen LogP contribution in [0.15, 0.2) is 38.0 Å². The molecule has 0 saturated carbocycles. The van der Waals surface area contributed by atoms with E-state index in [0.29, 0.717) is 6.61 Å². The first-order valence-corrected chi connectivity index (χ1v) is 5.37. The van der Waals surface area contributed by atoms with E-state index < -0.39 is 5.97 Å². The topological polar surface area (TPSA) is 76.0 Å². The highest BCUT2D eigenvalue weighted by atomic mass is 17.2. The standard InChI is InChI=1S/C5H8O3.2C3H6.C2H6O2/c1-3-5(6)8-7-4-2;2*1-3-2;3-1-2-4/h3H,1,4H2,2H3;2*3H,1H2,2H3;3-4H,1-2H2. The minimum Gasteiger partial charge on any atom is -0.394 e. The molecule has 0 rings (SSSR count). The molecule has 5 heteroatoms. The van der Waals surface area contributed by atoms with Crippen LogP contribution >= 0.6 is 0 Å². The molecule has 0 spiro atoms. The van der Waals surface area contributed by atoms with E-state index in [4.69, 9.17) is 10.2 Å². The summed E-state index contributed by atoms with van der Waals surface area (Å²) >= 11 is 0. The van der Waals surface area contributed by atoms with Crippen molar-refractivity contribution in [3.05, 3.63) is 38.0 Å². The van der Waals surface area contributed by atoms with E-state index in [1.165, 1.54) is 0 Å². The van der Waals surface area contributed by atoms with Gasteiger partial charge in [0.15, 0.2) is 0 Å². The predicted molar refractivity (Wildman–Crippen MR) is 73.8 cm³/mol. The smallest absolute Gasteiger partial charge is 0.365 e. The minimum absolute atomic E-state index is 0.125. The number of aliphatic hydroxyl groups is 2. The molecule has 0 amide bonds. The highest BCUT2D eigenvalue weighted by molar-refractivity contribution is 5.80. The van der Waals surface area contributed by atoms with Crippen molar-refractivity contribution in [1.29, 1.82) is 0 Å². The maximum Gasteiger partial charge on any atom is 0.365 e. The molecule has 0 saturated heterocycles. The lowest BCUT2D eigenvalue weighted by atomic mass is 10.7. The van der Waals surface area contributed by atoms with E-state index in [9.17, 15) is 4.79 Å². The van der Waals surface area contributed by atoms with Crippen molar-refractivity contribution in [2.75, 3.05) is 19.8 Å². The molecule has 0 aliphatic rings. The molecule has 0 aromatic heterocycles. The van der Waals surface area contributed by atoms with Gasteiger partial charge in [0.25, 0.3) is 0 Å². The quantitative estimate of drug-likeness (QED) is 0.351. The minimum atomic E-state index is -0.563. The second kappa shape index (κ2) is 36.1. The highest BCUT2D eigenvalue weighted by Crippen LogP contribution is 1.79. The van der Waals surface area contributed by atoms with Crippen LogP contribution in [0.4, 0.5) is 0 Å². The summed E-state index contributed by atoms with van der Waals surface area (Å²) in [5.41, 5.74) is 0. The lowest BCUT2D eigenvalue weighted by molar-refractivity contribution is -0.264. The monoisotopic (exact) mass is 262 g/mol. The fraction of sp³-hybridized carbons (Fsp3) is 0.462. The van der Waals surface area contributed by atoms with Gasteiger partial charge in [-0.2, -0.15) is 4.89 Å². The summed E-state index contributed by atoms with van der Waals surface area (Å²) in [6.45, 7) is 15.5. The third kappa shape index (κ3) is 86.5. The summed E-state index contributed by atoms with van der Waals surface area (Å²) in [6.07, 6.45) is 4.54. The Labute approximate surface area is 110 Å². The van der Waals surface area contributed by atoms with Gasteiger partial charge in [0.05, 0.1) is 19.8 Å². The average molecular weight is 262 g/mol. The number of aliphatic hydroxyl groups excluding tert-OH is 2. The lowest BCUT2D eigenvalue weighted by Crippen LogP contribution is -2.00. The number of carbonyl (C=O) groups is 1. The molecule has 0 aliphatic carbocycles. The molecule has 0 radical (unpaired) electrons. The van der Waals surface area contributed by atoms with Crippen molar-refractivity contribution < 1.29 is 24.8 Å². The van der Waals surface area contributed by atoms with Gasteiger partial charge in [-0.3, -0.25) is 4.89 Å². The maximum absolute atomic E-state index is 10.1. The second-order valence-corrected chi connectivity index (χ2v) is 2.28. The highest BCUT2D eigenvalue weighted by Gasteiger charge is 1.91. The summed E-state index contributed by atoms with van der Waals surface area (Å²) in [7, 11) is 0. The number of allylic oxidation sites excluding steroid dienone is 2. The summed E-state index contributed by atoms with van der Waals surface area (Å²) < 4.78 is 0. The van der Waals surface area contributed by atoms with Gasteiger partial charge in [-0.25, -0.2) is 4.79 Å². The van der Waals surface area contributed by atoms with Crippen molar-refractivity contribution in [3.8, 4) is 0 Å². The molecule has 0 unspecified atom stereocenters. The van der Waals surface area contributed by atoms with Crippen LogP contribution in [-0.2, 0) is 14.6 Å². The van der Waals surface area contributed by atoms with Gasteiger partial charge in [0, 0.05) is 6.08 Å². The summed E-state index contributed by atoms with van der Waals surface area (Å²) in [5, 5.41) is 15.2. The van der Waals surface area contributed by atoms with Crippen LogP contribution in [0.2, 0.25) is 0 Å². The van der Waals surface area contributed by atoms with Crippen LogP contribution in [0.1, 0.15) is 20.8 Å². The fourth-order valence-corrected chi connectivity index (χ4v) is 0.151. The van der Waals surface area contributed by atoms with E-state index in [-0.39, 0.29) is 13.2 Å². The largest absolute Gasteiger partial charge is 0.394 e. The Morgan fingerprint density at radius 2 is 1.44 bits per heavy atom. The van der Waals surface area contributed by atoms with Crippen LogP contribution in [0.25, 0.3) is 0 Å². The van der Waals surface area contributed by atoms with Gasteiger partial charge in [-0.1, -0.05) is 18.7 Å². The van der Waals surface area contributed by atoms with Gasteiger partial charge in [0.1, 0.15) is 0 Å². The Hall–Kier alpha value is -1.43. The molecular weight excluding hydrogens is 236 g/mol. The SMILES string of the molecule is C=CC.C=CC.C=CC(=O)OOCC.OCCO. The van der Waals surface area contributed by atoms with Crippen LogP contribution in [0, 0.1) is 0 Å². The molecule has 0 bridgehead atoms. The van der Waals surface area contributed by atoms with Gasteiger partial charge in [0.2, 0.25) is 0 Å². The normalized spacial score (nSPS) is 6.72. The molecule has 0 fully saturated rings. The first-order valence-electron chi connectivity index (χ1n) is 5.37. The van der Waals surface area contributed by atoms with Crippen LogP contribution in [0.5, 0.6) is 0 Å². The van der Waals surface area contributed by atoms with Crippen LogP contribution in [-0.4, -0.2) is 36.0 Å². The van der Waals surface area contributed by atoms with Crippen LogP contribution in [0.3, 0.4) is 0 Å². The average Bonchev–Trinajstić information content (AvgIpc) is 2.38. The Morgan fingerprint density at radius 1 is 1.11 bits per heavy atom. The van der Waals surface area contributed by atoms with Gasteiger partial charge < -0.3 is 10.2 Å². The van der Waals surface area contributed by atoms with Gasteiger partial charge in [-0.05, 0) is 20.8 Å². The van der Waals surface area contributed by atoms with Gasteiger partial charge >= 0.3 is 5.97 Å². The second-order valence-electron chi connectivity index (χ2n) is 2.28. The van der Waals surface area contributed by atoms with Gasteiger partial charge in [-0.15, -0.1) is 13.2 Å². The lowest BCUT2D eigenvalue weighted by Gasteiger charge is -1.93. The van der Waals surface area contributed by atoms with E-state index in [0.717, 1.165) is 6.08 Å².